The molecule has 0 aromatic carbocycles. The zero-order valence-electron chi connectivity index (χ0n) is 28.4. The average molecular weight is 601 g/mol. The fourth-order valence-corrected chi connectivity index (χ4v) is 6.95. The first-order valence-electron chi connectivity index (χ1n) is 19.0. The summed E-state index contributed by atoms with van der Waals surface area (Å²) in [6.07, 6.45) is 43.7. The largest absolute Gasteiger partial charge is 0.270 e. The molecule has 41 heavy (non-hydrogen) atoms. The van der Waals surface area contributed by atoms with Crippen molar-refractivity contribution in [2.24, 2.45) is 0 Å². The lowest BCUT2D eigenvalue weighted by molar-refractivity contribution is 0.305. The van der Waals surface area contributed by atoms with Gasteiger partial charge in [0.1, 0.15) is 0 Å². The van der Waals surface area contributed by atoms with Crippen molar-refractivity contribution in [3.63, 3.8) is 0 Å². The van der Waals surface area contributed by atoms with E-state index in [2.05, 4.69) is 13.8 Å². The van der Waals surface area contributed by atoms with Gasteiger partial charge in [-0.25, -0.2) is 0 Å². The molecule has 0 atom stereocenters. The normalized spacial score (nSPS) is 12.0. The van der Waals surface area contributed by atoms with Crippen LogP contribution in [0, 0.1) is 0 Å². The quantitative estimate of drug-likeness (QED) is 0.0530. The van der Waals surface area contributed by atoms with E-state index in [1.807, 2.05) is 0 Å². The highest BCUT2D eigenvalue weighted by atomic mass is 32.2. The van der Waals surface area contributed by atoms with Crippen molar-refractivity contribution in [1.29, 1.82) is 0 Å². The molecule has 0 heterocycles. The fraction of sp³-hybridized carbons (Fsp3) is 1.00. The molecule has 0 aliphatic carbocycles. The summed E-state index contributed by atoms with van der Waals surface area (Å²) in [6.45, 7) is 4.92. The van der Waals surface area contributed by atoms with Crippen molar-refractivity contribution in [1.82, 2.24) is 0 Å². The zero-order valence-corrected chi connectivity index (χ0v) is 29.2. The van der Waals surface area contributed by atoms with E-state index in [4.69, 9.17) is 4.18 Å². The van der Waals surface area contributed by atoms with Crippen molar-refractivity contribution < 1.29 is 12.6 Å². The van der Waals surface area contributed by atoms with Crippen molar-refractivity contribution >= 4 is 10.1 Å². The van der Waals surface area contributed by atoms with Gasteiger partial charge in [0.15, 0.2) is 0 Å². The Bertz CT molecular complexity index is 575. The molecule has 0 spiro atoms. The Kier molecular flexibility index (Phi) is 34.3. The van der Waals surface area contributed by atoms with Crippen LogP contribution < -0.4 is 0 Å². The first kappa shape index (κ1) is 40.9. The summed E-state index contributed by atoms with van der Waals surface area (Å²) >= 11 is 0. The number of hydrogen-bond donors (Lipinski definition) is 0. The van der Waals surface area contributed by atoms with Gasteiger partial charge in [0.05, 0.1) is 12.4 Å². The smallest absolute Gasteiger partial charge is 0.267 e. The van der Waals surface area contributed by atoms with Gasteiger partial charge in [-0.1, -0.05) is 213 Å². The van der Waals surface area contributed by atoms with Gasteiger partial charge in [-0.3, -0.25) is 4.18 Å². The van der Waals surface area contributed by atoms with E-state index in [0.29, 0.717) is 6.61 Å². The molecule has 0 aliphatic heterocycles. The van der Waals surface area contributed by atoms with Crippen LogP contribution in [-0.4, -0.2) is 20.8 Å². The molecule has 0 saturated heterocycles. The van der Waals surface area contributed by atoms with E-state index in [-0.39, 0.29) is 5.75 Å². The highest BCUT2D eigenvalue weighted by Crippen LogP contribution is 2.16. The van der Waals surface area contributed by atoms with Gasteiger partial charge < -0.3 is 0 Å². The minimum atomic E-state index is -3.32. The first-order valence-corrected chi connectivity index (χ1v) is 20.6. The molecule has 0 bridgehead atoms. The van der Waals surface area contributed by atoms with Crippen LogP contribution in [0.5, 0.6) is 0 Å². The summed E-state index contributed by atoms with van der Waals surface area (Å²) in [5, 5.41) is 0. The molecule has 0 aromatic heterocycles. The van der Waals surface area contributed by atoms with Crippen molar-refractivity contribution in [2.45, 2.75) is 226 Å². The lowest BCUT2D eigenvalue weighted by Gasteiger charge is -2.06. The first-order chi connectivity index (χ1) is 20.1. The van der Waals surface area contributed by atoms with E-state index < -0.39 is 10.1 Å². The third-order valence-electron chi connectivity index (χ3n) is 8.76. The summed E-state index contributed by atoms with van der Waals surface area (Å²) < 4.78 is 29.4. The SMILES string of the molecule is CCCCCCCCCCCCCCCCCCCCCCCCCOS(=O)(=O)CCCCCCCCCCCC. The number of rotatable bonds is 36. The second-order valence-electron chi connectivity index (χ2n) is 13.0. The number of hydrogen-bond acceptors (Lipinski definition) is 3. The van der Waals surface area contributed by atoms with Crippen molar-refractivity contribution in [3.05, 3.63) is 0 Å². The summed E-state index contributed by atoms with van der Waals surface area (Å²) in [4.78, 5) is 0. The third kappa shape index (κ3) is 36.0. The van der Waals surface area contributed by atoms with E-state index in [1.165, 1.54) is 180 Å². The van der Waals surface area contributed by atoms with Gasteiger partial charge in [0.2, 0.25) is 0 Å². The Labute approximate surface area is 260 Å². The minimum absolute atomic E-state index is 0.197. The van der Waals surface area contributed by atoms with Crippen LogP contribution in [0.1, 0.15) is 226 Å². The van der Waals surface area contributed by atoms with E-state index in [1.54, 1.807) is 0 Å². The average Bonchev–Trinajstić information content (AvgIpc) is 2.96. The Balaban J connectivity index is 3.22. The van der Waals surface area contributed by atoms with Crippen LogP contribution in [0.4, 0.5) is 0 Å². The molecule has 0 fully saturated rings. The van der Waals surface area contributed by atoms with Crippen LogP contribution >= 0.6 is 0 Å². The number of unbranched alkanes of at least 4 members (excludes halogenated alkanes) is 31. The molecular formula is C37H76O3S. The highest BCUT2D eigenvalue weighted by molar-refractivity contribution is 7.86. The maximum atomic E-state index is 12.1. The molecule has 0 aliphatic rings. The Morgan fingerprint density at radius 2 is 0.537 bits per heavy atom. The van der Waals surface area contributed by atoms with Crippen LogP contribution in [-0.2, 0) is 14.3 Å². The van der Waals surface area contributed by atoms with Crippen LogP contribution in [0.3, 0.4) is 0 Å². The molecule has 4 heteroatoms. The lowest BCUT2D eigenvalue weighted by Crippen LogP contribution is -2.11. The summed E-state index contributed by atoms with van der Waals surface area (Å²) in [5.74, 6) is 0.197. The second kappa shape index (κ2) is 34.4. The lowest BCUT2D eigenvalue weighted by atomic mass is 10.0. The maximum absolute atomic E-state index is 12.1. The van der Waals surface area contributed by atoms with Crippen molar-refractivity contribution in [2.75, 3.05) is 12.4 Å². The summed E-state index contributed by atoms with van der Waals surface area (Å²) in [5.41, 5.74) is 0. The van der Waals surface area contributed by atoms with E-state index in [9.17, 15) is 8.42 Å². The zero-order chi connectivity index (χ0) is 30.0. The molecule has 248 valence electrons. The van der Waals surface area contributed by atoms with Gasteiger partial charge in [-0.05, 0) is 12.8 Å². The topological polar surface area (TPSA) is 43.4 Å². The molecule has 0 aromatic rings. The predicted octanol–water partition coefficient (Wildman–Crippen LogP) is 13.2. The minimum Gasteiger partial charge on any atom is -0.270 e. The van der Waals surface area contributed by atoms with Gasteiger partial charge in [-0.15, -0.1) is 0 Å². The van der Waals surface area contributed by atoms with E-state index in [0.717, 1.165) is 32.1 Å². The van der Waals surface area contributed by atoms with Crippen LogP contribution in [0.25, 0.3) is 0 Å². The second-order valence-corrected chi connectivity index (χ2v) is 14.8. The predicted molar refractivity (Wildman–Crippen MR) is 183 cm³/mol. The van der Waals surface area contributed by atoms with Crippen molar-refractivity contribution in [3.8, 4) is 0 Å². The molecule has 0 rings (SSSR count). The third-order valence-corrected chi connectivity index (χ3v) is 10.1. The standard InChI is InChI=1S/C37H76O3S/c1-3-5-7-9-11-13-15-16-17-18-19-20-21-22-23-24-25-26-27-28-30-32-34-36-40-41(38,39)37-35-33-31-29-14-12-10-8-6-4-2/h3-37H2,1-2H3. The summed E-state index contributed by atoms with van der Waals surface area (Å²) in [6, 6.07) is 0. The van der Waals surface area contributed by atoms with Gasteiger partial charge >= 0.3 is 0 Å². The fourth-order valence-electron chi connectivity index (χ4n) is 5.90. The molecule has 3 nitrogen and oxygen atoms in total. The monoisotopic (exact) mass is 601 g/mol. The van der Waals surface area contributed by atoms with Gasteiger partial charge in [0, 0.05) is 0 Å². The molecule has 0 unspecified atom stereocenters. The highest BCUT2D eigenvalue weighted by Gasteiger charge is 2.10. The Hall–Kier alpha value is -0.0900. The molecule has 0 radical (unpaired) electrons. The van der Waals surface area contributed by atoms with Crippen LogP contribution in [0.15, 0.2) is 0 Å². The van der Waals surface area contributed by atoms with E-state index >= 15 is 0 Å². The molecule has 0 amide bonds. The molecule has 0 N–H and O–H groups in total. The molecular weight excluding hydrogens is 524 g/mol. The summed E-state index contributed by atoms with van der Waals surface area (Å²) in [7, 11) is -3.32. The Morgan fingerprint density at radius 3 is 0.805 bits per heavy atom. The molecule has 0 saturated carbocycles. The Morgan fingerprint density at radius 1 is 0.317 bits per heavy atom. The van der Waals surface area contributed by atoms with Gasteiger partial charge in [0.25, 0.3) is 10.1 Å². The maximum Gasteiger partial charge on any atom is 0.267 e. The van der Waals surface area contributed by atoms with Gasteiger partial charge in [-0.2, -0.15) is 8.42 Å². The van der Waals surface area contributed by atoms with Crippen LogP contribution in [0.2, 0.25) is 0 Å².